The molecule has 8 aromatic heterocycles. The molecule has 1 N–H and O–H groups in total. The number of hydrogen-bond acceptors (Lipinski definition) is 16. The average Bonchev–Trinajstić information content (AvgIpc) is 1.66. The molecule has 10 heterocycles. The van der Waals surface area contributed by atoms with E-state index in [4.69, 9.17) is 34.4 Å². The van der Waals surface area contributed by atoms with Gasteiger partial charge in [-0.2, -0.15) is 0 Å². The first-order valence-corrected chi connectivity index (χ1v) is 42.4. The summed E-state index contributed by atoms with van der Waals surface area (Å²) in [5.41, 5.74) is 7.72. The first-order valence-electron chi connectivity index (χ1n) is 33.4. The Kier molecular flexibility index (Phi) is 25.7. The minimum Gasteiger partial charge on any atom is -0.307 e. The van der Waals surface area contributed by atoms with Gasteiger partial charge >= 0.3 is 0 Å². The van der Waals surface area contributed by atoms with Crippen molar-refractivity contribution in [3.05, 3.63) is 102 Å². The van der Waals surface area contributed by atoms with Crippen LogP contribution in [-0.4, -0.2) is 42.4 Å². The summed E-state index contributed by atoms with van der Waals surface area (Å²) in [7, 11) is 1.77. The molecular formula is C73H84N4O2S12. The Hall–Kier alpha value is -3.50. The fourth-order valence-electron chi connectivity index (χ4n) is 12.0. The molecule has 91 heavy (non-hydrogen) atoms. The molecule has 2 amide bonds. The number of thioether (sulfide) groups is 2. The van der Waals surface area contributed by atoms with Gasteiger partial charge in [-0.1, -0.05) is 204 Å². The summed E-state index contributed by atoms with van der Waals surface area (Å²) in [5.74, 6) is -0.110. The van der Waals surface area contributed by atoms with Crippen LogP contribution in [0.5, 0.6) is 0 Å². The van der Waals surface area contributed by atoms with Crippen molar-refractivity contribution in [3.8, 4) is 58.8 Å². The van der Waals surface area contributed by atoms with Gasteiger partial charge in [-0.3, -0.25) is 14.5 Å². The van der Waals surface area contributed by atoms with Gasteiger partial charge in [0.1, 0.15) is 18.7 Å². The number of rotatable bonds is 36. The Balaban J connectivity index is 0.867. The number of carbonyl (C=O) groups excluding carboxylic acids is 2. The number of thiocarbonyl (C=S) groups is 2. The van der Waals surface area contributed by atoms with Crippen molar-refractivity contribution >= 4 is 192 Å². The molecule has 18 heteroatoms. The smallest absolute Gasteiger partial charge is 0.265 e. The van der Waals surface area contributed by atoms with Gasteiger partial charge in [-0.05, 0) is 146 Å². The highest BCUT2D eigenvalue weighted by Gasteiger charge is 2.30. The zero-order valence-electron chi connectivity index (χ0n) is 53.3. The van der Waals surface area contributed by atoms with Gasteiger partial charge in [0.05, 0.1) is 40.0 Å². The van der Waals surface area contributed by atoms with Crippen molar-refractivity contribution in [1.82, 2.24) is 20.2 Å². The van der Waals surface area contributed by atoms with Gasteiger partial charge in [-0.15, -0.1) is 90.7 Å². The summed E-state index contributed by atoms with van der Waals surface area (Å²) in [6, 6.07) is 23.6. The van der Waals surface area contributed by atoms with E-state index in [0.717, 1.165) is 56.5 Å². The fourth-order valence-corrected chi connectivity index (χ4v) is 23.7. The van der Waals surface area contributed by atoms with Gasteiger partial charge in [0, 0.05) is 55.8 Å². The zero-order valence-corrected chi connectivity index (χ0v) is 63.1. The normalized spacial score (nSPS) is 14.7. The molecule has 2 aliphatic heterocycles. The van der Waals surface area contributed by atoms with Gasteiger partial charge in [0.2, 0.25) is 0 Å². The number of fused-ring (bicyclic) bond motifs is 2. The lowest BCUT2D eigenvalue weighted by molar-refractivity contribution is -0.121. The Morgan fingerprint density at radius 3 is 1.14 bits per heavy atom. The van der Waals surface area contributed by atoms with E-state index in [-0.39, 0.29) is 11.8 Å². The Morgan fingerprint density at radius 2 is 0.780 bits per heavy atom. The van der Waals surface area contributed by atoms with E-state index in [1.54, 1.807) is 34.6 Å². The van der Waals surface area contributed by atoms with Crippen molar-refractivity contribution in [1.29, 1.82) is 0 Å². The molecule has 2 aliphatic rings. The molecule has 0 aliphatic carbocycles. The molecule has 0 unspecified atom stereocenters. The van der Waals surface area contributed by atoms with E-state index in [9.17, 15) is 9.59 Å². The zero-order chi connectivity index (χ0) is 63.2. The topological polar surface area (TPSA) is 75.2 Å². The monoisotopic (exact) mass is 1430 g/mol. The minimum atomic E-state index is -0.0991. The number of aromatic nitrogens is 2. The van der Waals surface area contributed by atoms with E-state index < -0.39 is 0 Å². The van der Waals surface area contributed by atoms with Crippen LogP contribution >= 0.6 is 139 Å². The minimum absolute atomic E-state index is 0.0113. The van der Waals surface area contributed by atoms with Crippen molar-refractivity contribution in [2.75, 3.05) is 7.05 Å². The van der Waals surface area contributed by atoms with Gasteiger partial charge in [-0.25, -0.2) is 9.97 Å². The van der Waals surface area contributed by atoms with E-state index in [1.165, 1.54) is 258 Å². The number of hydrogen-bond donors (Lipinski definition) is 1. The van der Waals surface area contributed by atoms with E-state index in [2.05, 4.69) is 99.8 Å². The molecule has 9 aromatic rings. The Labute approximate surface area is 591 Å². The number of carbonyl (C=O) groups is 2. The van der Waals surface area contributed by atoms with Crippen LogP contribution in [0.4, 0.5) is 0 Å². The highest BCUT2D eigenvalue weighted by atomic mass is 32.2. The molecular weight excluding hydrogens is 1350 g/mol. The van der Waals surface area contributed by atoms with E-state index in [0.29, 0.717) is 18.5 Å². The van der Waals surface area contributed by atoms with Crippen molar-refractivity contribution in [2.24, 2.45) is 0 Å². The number of thiophene rings is 6. The summed E-state index contributed by atoms with van der Waals surface area (Å²) in [4.78, 5) is 55.1. The average molecular weight is 1430 g/mol. The Bertz CT molecular complexity index is 3980. The number of thiazole rings is 2. The maximum absolute atomic E-state index is 13.1. The first kappa shape index (κ1) is 68.9. The lowest BCUT2D eigenvalue weighted by atomic mass is 10.0. The SMILES string of the molecule is CCCCCCCCc1cc(/C=C2\SC(=S)NC2=O)sc1-c1ccc(-c2sc(-c3nc4cc5sc(-c6cc(CCCCCCCC)c(-c7ccc(-c8sc(/C=C9\SC(=S)N(C)C9=O)cc8CCCCCCCC)s7)s6)nc5cc4s3)cc2CCCCCCCC)s1. The molecule has 11 rings (SSSR count). The number of likely N-dealkylation sites (N-methyl/N-ethyl adjacent to an activating group) is 1. The van der Waals surface area contributed by atoms with Crippen molar-refractivity contribution in [2.45, 2.75) is 207 Å². The van der Waals surface area contributed by atoms with Crippen LogP contribution in [0.15, 0.2) is 70.5 Å². The highest BCUT2D eigenvalue weighted by molar-refractivity contribution is 8.27. The molecule has 0 spiro atoms. The highest BCUT2D eigenvalue weighted by Crippen LogP contribution is 2.50. The number of nitrogens with one attached hydrogen (secondary N) is 1. The number of nitrogens with zero attached hydrogens (tertiary/aromatic N) is 3. The van der Waals surface area contributed by atoms with Crippen molar-refractivity contribution in [3.63, 3.8) is 0 Å². The largest absolute Gasteiger partial charge is 0.307 e. The predicted molar refractivity (Wildman–Crippen MR) is 418 cm³/mol. The van der Waals surface area contributed by atoms with Crippen LogP contribution < -0.4 is 5.32 Å². The first-order chi connectivity index (χ1) is 44.5. The van der Waals surface area contributed by atoms with Crippen LogP contribution in [0.2, 0.25) is 0 Å². The third-order valence-corrected chi connectivity index (χ3v) is 29.6. The van der Waals surface area contributed by atoms with Crippen LogP contribution in [0.25, 0.3) is 91.4 Å². The number of unbranched alkanes of at least 4 members (excludes halogenated alkanes) is 20. The summed E-state index contributed by atoms with van der Waals surface area (Å²) in [6.45, 7) is 9.15. The quantitative estimate of drug-likeness (QED) is 0.0237. The van der Waals surface area contributed by atoms with Crippen LogP contribution in [0.3, 0.4) is 0 Å². The molecule has 6 nitrogen and oxygen atoms in total. The summed E-state index contributed by atoms with van der Waals surface area (Å²) >= 11 is 28.5. The molecule has 2 fully saturated rings. The lowest BCUT2D eigenvalue weighted by Gasteiger charge is -2.04. The molecule has 0 radical (unpaired) electrons. The molecule has 1 aromatic carbocycles. The van der Waals surface area contributed by atoms with Crippen LogP contribution in [0, 0.1) is 0 Å². The maximum atomic E-state index is 13.1. The third kappa shape index (κ3) is 17.8. The van der Waals surface area contributed by atoms with Crippen LogP contribution in [0.1, 0.15) is 214 Å². The Morgan fingerprint density at radius 1 is 0.418 bits per heavy atom. The molecule has 0 bridgehead atoms. The number of benzene rings is 1. The summed E-state index contributed by atoms with van der Waals surface area (Å²) in [6.07, 6.45) is 38.6. The lowest BCUT2D eigenvalue weighted by Crippen LogP contribution is -2.22. The fraction of sp³-hybridized carbons (Fsp3) is 0.452. The second kappa shape index (κ2) is 33.9. The van der Waals surface area contributed by atoms with Crippen molar-refractivity contribution < 1.29 is 9.59 Å². The summed E-state index contributed by atoms with van der Waals surface area (Å²) in [5, 5.41) is 4.97. The van der Waals surface area contributed by atoms with E-state index in [1.807, 2.05) is 74.1 Å². The molecule has 2 saturated heterocycles. The van der Waals surface area contributed by atoms with Gasteiger partial charge in [0.15, 0.2) is 0 Å². The summed E-state index contributed by atoms with van der Waals surface area (Å²) < 4.78 is 3.50. The molecule has 0 atom stereocenters. The molecule has 480 valence electrons. The predicted octanol–water partition coefficient (Wildman–Crippen LogP) is 26.2. The van der Waals surface area contributed by atoms with Gasteiger partial charge < -0.3 is 5.32 Å². The molecule has 0 saturated carbocycles. The maximum Gasteiger partial charge on any atom is 0.265 e. The second-order valence-electron chi connectivity index (χ2n) is 24.3. The van der Waals surface area contributed by atoms with Crippen LogP contribution in [-0.2, 0) is 35.3 Å². The second-order valence-corrected chi connectivity index (χ2v) is 36.1. The third-order valence-electron chi connectivity index (χ3n) is 17.1. The van der Waals surface area contributed by atoms with Gasteiger partial charge in [0.25, 0.3) is 11.8 Å². The standard InChI is InChI=1S/C73H84N4O2S12/c1-6-10-14-18-22-26-30-46-38-50(42-60-68(78)76-72(80)90-60)82-64(46)54-34-36-56(84-54)66-48(32-28-24-20-16-12-8-3)40-61(86-66)69-74-52-44-59-53(45-58(52)88-69)75-70(89-59)62-41-49(33-29-25-21-17-13-9-4)67(87-62)57-37-35-55(85-57)65-47(31-27-23-19-15-11-7-2)39-51(83-65)43-63-71(79)77(5)73(81)91-63/h34-45H,6-33H2,1-5H3,(H,76,78,80)/b60-42-,63-43-. The van der Waals surface area contributed by atoms with E-state index >= 15 is 0 Å². The number of aryl methyl sites for hydroxylation is 4. The number of amides is 2.